The van der Waals surface area contributed by atoms with E-state index in [1.807, 2.05) is 13.0 Å². The van der Waals surface area contributed by atoms with E-state index < -0.39 is 29.9 Å². The molecule has 0 saturated carbocycles. The highest BCUT2D eigenvalue weighted by Gasteiger charge is 2.34. The van der Waals surface area contributed by atoms with E-state index in [0.717, 1.165) is 11.1 Å². The van der Waals surface area contributed by atoms with Crippen LogP contribution in [-0.4, -0.2) is 72.4 Å². The lowest BCUT2D eigenvalue weighted by Gasteiger charge is -2.35. The minimum atomic E-state index is -1.36. The molecule has 1 aliphatic rings. The lowest BCUT2D eigenvalue weighted by atomic mass is 10.0. The molecule has 11 heteroatoms. The van der Waals surface area contributed by atoms with Crippen LogP contribution >= 0.6 is 0 Å². The highest BCUT2D eigenvalue weighted by atomic mass is 19.1. The lowest BCUT2D eigenvalue weighted by Crippen LogP contribution is -2.51. The minimum Gasteiger partial charge on any atom is -0.487 e. The first-order valence-corrected chi connectivity index (χ1v) is 12.0. The predicted molar refractivity (Wildman–Crippen MR) is 135 cm³/mol. The summed E-state index contributed by atoms with van der Waals surface area (Å²) in [6.45, 7) is 6.76. The molecule has 0 unspecified atom stereocenters. The first kappa shape index (κ1) is 26.4. The second-order valence-corrected chi connectivity index (χ2v) is 9.65. The summed E-state index contributed by atoms with van der Waals surface area (Å²) in [4.78, 5) is 30.4. The quantitative estimate of drug-likeness (QED) is 0.439. The Kier molecular flexibility index (Phi) is 7.65. The molecular weight excluding hydrogens is 479 g/mol. The Balaban J connectivity index is 1.45. The number of aliphatic hydroxyl groups excluding tert-OH is 1. The third-order valence-electron chi connectivity index (χ3n) is 6.08. The number of pyridine rings is 1. The van der Waals surface area contributed by atoms with Crippen molar-refractivity contribution in [1.82, 2.24) is 24.8 Å². The summed E-state index contributed by atoms with van der Waals surface area (Å²) in [5, 5.41) is 22.8. The molecule has 0 aliphatic carbocycles. The standard InChI is InChI=1S/C26H31FN6O4/c1-15-11-17(5-6-20(15)37-21-8-10-33(13-19(21)27)24(35)16(2)34)23-29-14-30-25(32-23)31-18-7-9-28-22(12-18)26(3,4)36/h5-7,9,11-12,14,16,19,21,34,36H,8,10,13H2,1-4H3,(H,28,29,30,31,32)/t16-,19+,21-/m0/s1. The van der Waals surface area contributed by atoms with Gasteiger partial charge in [0.15, 0.2) is 12.0 Å². The van der Waals surface area contributed by atoms with Crippen molar-refractivity contribution in [3.63, 3.8) is 0 Å². The molecule has 196 valence electrons. The Hall–Kier alpha value is -3.70. The van der Waals surface area contributed by atoms with Crippen LogP contribution in [0.1, 0.15) is 38.4 Å². The molecule has 0 radical (unpaired) electrons. The number of nitrogens with zero attached hydrogens (tertiary/aromatic N) is 5. The van der Waals surface area contributed by atoms with E-state index >= 15 is 0 Å². The Morgan fingerprint density at radius 2 is 2.03 bits per heavy atom. The molecular formula is C26H31FN6O4. The predicted octanol–water partition coefficient (Wildman–Crippen LogP) is 2.91. The number of anilines is 2. The largest absolute Gasteiger partial charge is 0.487 e. The normalized spacial score (nSPS) is 18.8. The molecule has 3 aromatic rings. The Bertz CT molecular complexity index is 1270. The fourth-order valence-corrected chi connectivity index (χ4v) is 4.03. The van der Waals surface area contributed by atoms with Crippen molar-refractivity contribution in [3.8, 4) is 17.1 Å². The second kappa shape index (κ2) is 10.7. The number of piperidine rings is 1. The van der Waals surface area contributed by atoms with Gasteiger partial charge in [-0.05, 0) is 63.6 Å². The Morgan fingerprint density at radius 1 is 1.24 bits per heavy atom. The Labute approximate surface area is 214 Å². The lowest BCUT2D eigenvalue weighted by molar-refractivity contribution is -0.143. The summed E-state index contributed by atoms with van der Waals surface area (Å²) in [6, 6.07) is 8.87. The van der Waals surface area contributed by atoms with Gasteiger partial charge in [0.1, 0.15) is 29.9 Å². The number of hydrogen-bond donors (Lipinski definition) is 3. The van der Waals surface area contributed by atoms with Crippen LogP contribution in [0.3, 0.4) is 0 Å². The van der Waals surface area contributed by atoms with Crippen LogP contribution in [0, 0.1) is 6.92 Å². The van der Waals surface area contributed by atoms with Crippen LogP contribution < -0.4 is 10.1 Å². The summed E-state index contributed by atoms with van der Waals surface area (Å²) in [5.74, 6) is 0.830. The van der Waals surface area contributed by atoms with Crippen molar-refractivity contribution < 1.29 is 24.1 Å². The van der Waals surface area contributed by atoms with Gasteiger partial charge >= 0.3 is 0 Å². The molecule has 3 N–H and O–H groups in total. The number of rotatable bonds is 7. The zero-order valence-corrected chi connectivity index (χ0v) is 21.2. The second-order valence-electron chi connectivity index (χ2n) is 9.65. The van der Waals surface area contributed by atoms with Crippen LogP contribution in [0.2, 0.25) is 0 Å². The van der Waals surface area contributed by atoms with Crippen LogP contribution in [0.5, 0.6) is 5.75 Å². The molecule has 1 aliphatic heterocycles. The number of likely N-dealkylation sites (tertiary alicyclic amines) is 1. The number of ether oxygens (including phenoxy) is 1. The third-order valence-corrected chi connectivity index (χ3v) is 6.08. The third kappa shape index (κ3) is 6.36. The van der Waals surface area contributed by atoms with Gasteiger partial charge < -0.3 is 25.2 Å². The number of aromatic nitrogens is 4. The van der Waals surface area contributed by atoms with Gasteiger partial charge in [0.2, 0.25) is 5.95 Å². The summed E-state index contributed by atoms with van der Waals surface area (Å²) in [5.41, 5.74) is 1.61. The number of carbonyl (C=O) groups excluding carboxylic acids is 1. The molecule has 1 aromatic carbocycles. The maximum absolute atomic E-state index is 14.7. The zero-order valence-electron chi connectivity index (χ0n) is 21.2. The molecule has 3 atom stereocenters. The topological polar surface area (TPSA) is 134 Å². The number of amides is 1. The number of nitrogens with one attached hydrogen (secondary N) is 1. The molecule has 3 heterocycles. The van der Waals surface area contributed by atoms with Gasteiger partial charge in [-0.2, -0.15) is 4.98 Å². The van der Waals surface area contributed by atoms with E-state index in [2.05, 4.69) is 25.3 Å². The van der Waals surface area contributed by atoms with Crippen molar-refractivity contribution >= 4 is 17.5 Å². The van der Waals surface area contributed by atoms with E-state index in [0.29, 0.717) is 41.9 Å². The van der Waals surface area contributed by atoms with Gasteiger partial charge in [-0.3, -0.25) is 9.78 Å². The highest BCUT2D eigenvalue weighted by molar-refractivity contribution is 5.80. The number of alkyl halides is 1. The molecule has 0 bridgehead atoms. The number of aryl methyl sites for hydroxylation is 1. The van der Waals surface area contributed by atoms with Crippen molar-refractivity contribution in [2.45, 2.75) is 58.1 Å². The SMILES string of the molecule is Cc1cc(-c2ncnc(Nc3ccnc(C(C)(C)O)c3)n2)ccc1O[C@H]1CCN(C(=O)[C@H](C)O)C[C@H]1F. The van der Waals surface area contributed by atoms with Crippen molar-refractivity contribution in [2.75, 3.05) is 18.4 Å². The van der Waals surface area contributed by atoms with Gasteiger partial charge in [0, 0.05) is 30.4 Å². The van der Waals surface area contributed by atoms with Crippen LogP contribution in [0.25, 0.3) is 11.4 Å². The maximum atomic E-state index is 14.7. The number of aliphatic hydroxyl groups is 2. The maximum Gasteiger partial charge on any atom is 0.251 e. The fraction of sp³-hybridized carbons (Fsp3) is 0.423. The fourth-order valence-electron chi connectivity index (χ4n) is 4.03. The van der Waals surface area contributed by atoms with Gasteiger partial charge in [0.05, 0.1) is 12.2 Å². The smallest absolute Gasteiger partial charge is 0.251 e. The zero-order chi connectivity index (χ0) is 26.7. The molecule has 37 heavy (non-hydrogen) atoms. The molecule has 1 fully saturated rings. The van der Waals surface area contributed by atoms with Crippen LogP contribution in [-0.2, 0) is 10.4 Å². The van der Waals surface area contributed by atoms with E-state index in [9.17, 15) is 19.4 Å². The summed E-state index contributed by atoms with van der Waals surface area (Å²) in [7, 11) is 0. The van der Waals surface area contributed by atoms with E-state index in [-0.39, 0.29) is 6.54 Å². The van der Waals surface area contributed by atoms with E-state index in [1.165, 1.54) is 18.2 Å². The van der Waals surface area contributed by atoms with E-state index in [4.69, 9.17) is 4.74 Å². The van der Waals surface area contributed by atoms with Crippen molar-refractivity contribution in [3.05, 3.63) is 54.1 Å². The summed E-state index contributed by atoms with van der Waals surface area (Å²) >= 11 is 0. The van der Waals surface area contributed by atoms with Gasteiger partial charge in [-0.25, -0.2) is 14.4 Å². The van der Waals surface area contributed by atoms with E-state index in [1.54, 1.807) is 44.3 Å². The van der Waals surface area contributed by atoms with Gasteiger partial charge in [-0.1, -0.05) is 0 Å². The summed E-state index contributed by atoms with van der Waals surface area (Å²) in [6.07, 6.45) is 0.116. The average molecular weight is 511 g/mol. The first-order chi connectivity index (χ1) is 17.5. The number of benzene rings is 1. The molecule has 2 aromatic heterocycles. The molecule has 1 saturated heterocycles. The molecule has 1 amide bonds. The van der Waals surface area contributed by atoms with Crippen molar-refractivity contribution in [1.29, 1.82) is 0 Å². The van der Waals surface area contributed by atoms with Gasteiger partial charge in [-0.15, -0.1) is 0 Å². The number of hydrogen-bond acceptors (Lipinski definition) is 9. The number of carbonyl (C=O) groups is 1. The Morgan fingerprint density at radius 3 is 2.70 bits per heavy atom. The molecule has 10 nitrogen and oxygen atoms in total. The first-order valence-electron chi connectivity index (χ1n) is 12.0. The monoisotopic (exact) mass is 510 g/mol. The average Bonchev–Trinajstić information content (AvgIpc) is 2.85. The minimum absolute atomic E-state index is 0.110. The number of halogens is 1. The van der Waals surface area contributed by atoms with Gasteiger partial charge in [0.25, 0.3) is 5.91 Å². The van der Waals surface area contributed by atoms with Crippen LogP contribution in [0.15, 0.2) is 42.9 Å². The summed E-state index contributed by atoms with van der Waals surface area (Å²) < 4.78 is 20.7. The molecule has 4 rings (SSSR count). The van der Waals surface area contributed by atoms with Crippen LogP contribution in [0.4, 0.5) is 16.0 Å². The highest BCUT2D eigenvalue weighted by Crippen LogP contribution is 2.28. The molecule has 0 spiro atoms. The van der Waals surface area contributed by atoms with Crippen molar-refractivity contribution in [2.24, 2.45) is 0 Å².